The van der Waals surface area contributed by atoms with Crippen molar-refractivity contribution in [2.24, 2.45) is 0 Å². The van der Waals surface area contributed by atoms with E-state index in [4.69, 9.17) is 4.74 Å². The molecule has 1 aromatic carbocycles. The second-order valence-corrected chi connectivity index (χ2v) is 6.75. The van der Waals surface area contributed by atoms with Crippen LogP contribution in [0, 0.1) is 0 Å². The molecule has 118 valence electrons. The highest BCUT2D eigenvalue weighted by molar-refractivity contribution is 7.93. The number of rotatable bonds is 4. The summed E-state index contributed by atoms with van der Waals surface area (Å²) in [5.41, 5.74) is 0.926. The molecule has 0 aliphatic carbocycles. The predicted molar refractivity (Wildman–Crippen MR) is 77.5 cm³/mol. The van der Waals surface area contributed by atoms with Gasteiger partial charge >= 0.3 is 12.1 Å². The number of nitrogens with one attached hydrogen (secondary N) is 1. The fourth-order valence-electron chi connectivity index (χ4n) is 1.88. The van der Waals surface area contributed by atoms with E-state index in [1.165, 1.54) is 0 Å². The van der Waals surface area contributed by atoms with Gasteiger partial charge in [-0.15, -0.1) is 0 Å². The first-order chi connectivity index (χ1) is 10.4. The standard InChI is InChI=1S/C14H15NO6S/c1-20-13(16)12(11-8-22(18,19)9-11)15-14(17)21-7-10-5-3-2-4-6-10/h2-6H,7-9H2,1H3,(H,15,17). The minimum absolute atomic E-state index is 0.0365. The van der Waals surface area contributed by atoms with E-state index >= 15 is 0 Å². The summed E-state index contributed by atoms with van der Waals surface area (Å²) in [6.45, 7) is 0.0365. The van der Waals surface area contributed by atoms with Crippen molar-refractivity contribution < 1.29 is 27.5 Å². The Balaban J connectivity index is 1.99. The molecule has 1 aromatic rings. The lowest BCUT2D eigenvalue weighted by molar-refractivity contribution is -0.136. The van der Waals surface area contributed by atoms with E-state index in [-0.39, 0.29) is 23.8 Å². The highest BCUT2D eigenvalue weighted by Crippen LogP contribution is 2.20. The number of carbonyl (C=O) groups excluding carboxylic acids is 2. The summed E-state index contributed by atoms with van der Waals surface area (Å²) in [6.07, 6.45) is -0.846. The first-order valence-electron chi connectivity index (χ1n) is 6.40. The topological polar surface area (TPSA) is 98.8 Å². The van der Waals surface area contributed by atoms with Crippen molar-refractivity contribution in [2.75, 3.05) is 18.6 Å². The van der Waals surface area contributed by atoms with Crippen LogP contribution in [0.1, 0.15) is 5.56 Å². The van der Waals surface area contributed by atoms with Gasteiger partial charge in [0.2, 0.25) is 0 Å². The third-order valence-electron chi connectivity index (χ3n) is 2.97. The van der Waals surface area contributed by atoms with Gasteiger partial charge in [-0.3, -0.25) is 5.32 Å². The lowest BCUT2D eigenvalue weighted by Crippen LogP contribution is -2.37. The Morgan fingerprint density at radius 1 is 1.18 bits per heavy atom. The summed E-state index contributed by atoms with van der Waals surface area (Å²) in [5.74, 6) is -1.34. The Morgan fingerprint density at radius 3 is 2.36 bits per heavy atom. The third kappa shape index (κ3) is 4.08. The molecular weight excluding hydrogens is 310 g/mol. The van der Waals surface area contributed by atoms with Crippen molar-refractivity contribution in [3.63, 3.8) is 0 Å². The van der Waals surface area contributed by atoms with Gasteiger partial charge in [0.25, 0.3) is 0 Å². The molecule has 2 rings (SSSR count). The smallest absolute Gasteiger partial charge is 0.412 e. The molecule has 7 nitrogen and oxygen atoms in total. The van der Waals surface area contributed by atoms with Crippen LogP contribution in [0.15, 0.2) is 41.6 Å². The fraction of sp³-hybridized carbons (Fsp3) is 0.286. The van der Waals surface area contributed by atoms with Crippen LogP contribution in [-0.2, 0) is 30.7 Å². The molecule has 0 radical (unpaired) electrons. The third-order valence-corrected chi connectivity index (χ3v) is 4.55. The minimum atomic E-state index is -3.17. The number of esters is 1. The van der Waals surface area contributed by atoms with E-state index in [1.807, 2.05) is 6.07 Å². The summed E-state index contributed by atoms with van der Waals surface area (Å²) in [6, 6.07) is 9.01. The van der Waals surface area contributed by atoms with E-state index in [9.17, 15) is 18.0 Å². The van der Waals surface area contributed by atoms with Crippen molar-refractivity contribution in [3.8, 4) is 0 Å². The van der Waals surface area contributed by atoms with Crippen LogP contribution in [0.2, 0.25) is 0 Å². The van der Waals surface area contributed by atoms with Gasteiger partial charge in [-0.1, -0.05) is 30.3 Å². The van der Waals surface area contributed by atoms with Gasteiger partial charge in [0.1, 0.15) is 12.3 Å². The fourth-order valence-corrected chi connectivity index (χ4v) is 3.15. The molecule has 1 fully saturated rings. The SMILES string of the molecule is COC(=O)C(NC(=O)OCc1ccccc1)=C1CS(=O)(=O)C1. The molecule has 0 bridgehead atoms. The number of ether oxygens (including phenoxy) is 2. The van der Waals surface area contributed by atoms with Gasteiger partial charge in [-0.2, -0.15) is 0 Å². The summed E-state index contributed by atoms with van der Waals surface area (Å²) in [7, 11) is -2.02. The second kappa shape index (κ2) is 6.61. The average molecular weight is 325 g/mol. The predicted octanol–water partition coefficient (Wildman–Crippen LogP) is 0.768. The van der Waals surface area contributed by atoms with E-state index in [1.54, 1.807) is 24.3 Å². The number of methoxy groups -OCH3 is 1. The maximum absolute atomic E-state index is 11.7. The molecule has 0 atom stereocenters. The Hall–Kier alpha value is -2.35. The van der Waals surface area contributed by atoms with Crippen molar-refractivity contribution in [2.45, 2.75) is 6.61 Å². The zero-order valence-corrected chi connectivity index (χ0v) is 12.7. The minimum Gasteiger partial charge on any atom is -0.464 e. The maximum atomic E-state index is 11.7. The molecule has 8 heteroatoms. The summed E-state index contributed by atoms with van der Waals surface area (Å²) in [4.78, 5) is 23.4. The Morgan fingerprint density at radius 2 is 1.82 bits per heavy atom. The number of hydrogen-bond acceptors (Lipinski definition) is 6. The molecular formula is C14H15NO6S. The van der Waals surface area contributed by atoms with Gasteiger partial charge in [0.05, 0.1) is 18.6 Å². The van der Waals surface area contributed by atoms with Crippen molar-refractivity contribution in [3.05, 3.63) is 47.2 Å². The van der Waals surface area contributed by atoms with Crippen molar-refractivity contribution in [1.82, 2.24) is 5.32 Å². The molecule has 1 amide bonds. The monoisotopic (exact) mass is 325 g/mol. The molecule has 0 spiro atoms. The molecule has 1 aliphatic rings. The number of amides is 1. The summed E-state index contributed by atoms with van der Waals surface area (Å²) in [5, 5.41) is 2.26. The van der Waals surface area contributed by atoms with E-state index in [2.05, 4.69) is 10.1 Å². The van der Waals surface area contributed by atoms with Crippen LogP contribution in [0.25, 0.3) is 0 Å². The number of alkyl carbamates (subject to hydrolysis) is 1. The van der Waals surface area contributed by atoms with Crippen LogP contribution in [-0.4, -0.2) is 39.1 Å². The largest absolute Gasteiger partial charge is 0.464 e. The summed E-state index contributed by atoms with van der Waals surface area (Å²) >= 11 is 0. The lowest BCUT2D eigenvalue weighted by Gasteiger charge is -2.21. The Kier molecular flexibility index (Phi) is 4.81. The van der Waals surface area contributed by atoms with E-state index in [0.717, 1.165) is 12.7 Å². The van der Waals surface area contributed by atoms with Gasteiger partial charge in [-0.25, -0.2) is 18.0 Å². The van der Waals surface area contributed by atoms with Crippen LogP contribution in [0.3, 0.4) is 0 Å². The first kappa shape index (κ1) is 16.0. The van der Waals surface area contributed by atoms with Crippen LogP contribution < -0.4 is 5.32 Å². The van der Waals surface area contributed by atoms with Crippen molar-refractivity contribution in [1.29, 1.82) is 0 Å². The van der Waals surface area contributed by atoms with Crippen LogP contribution >= 0.6 is 0 Å². The number of hydrogen-bond donors (Lipinski definition) is 1. The highest BCUT2D eigenvalue weighted by Gasteiger charge is 2.33. The Labute approximate surface area is 127 Å². The maximum Gasteiger partial charge on any atom is 0.412 e. The van der Waals surface area contributed by atoms with Crippen LogP contribution in [0.4, 0.5) is 4.79 Å². The second-order valence-electron chi connectivity index (χ2n) is 4.69. The first-order valence-corrected chi connectivity index (χ1v) is 8.22. The molecule has 1 heterocycles. The van der Waals surface area contributed by atoms with Gasteiger partial charge in [0.15, 0.2) is 9.84 Å². The quantitative estimate of drug-likeness (QED) is 0.648. The zero-order chi connectivity index (χ0) is 16.2. The van der Waals surface area contributed by atoms with Crippen LogP contribution in [0.5, 0.6) is 0 Å². The molecule has 22 heavy (non-hydrogen) atoms. The summed E-state index contributed by atoms with van der Waals surface area (Å²) < 4.78 is 31.9. The van der Waals surface area contributed by atoms with E-state index < -0.39 is 21.9 Å². The molecule has 0 unspecified atom stereocenters. The average Bonchev–Trinajstić information content (AvgIpc) is 2.48. The molecule has 1 N–H and O–H groups in total. The normalized spacial score (nSPS) is 15.4. The number of sulfone groups is 1. The number of carbonyl (C=O) groups is 2. The van der Waals surface area contributed by atoms with Gasteiger partial charge < -0.3 is 9.47 Å². The highest BCUT2D eigenvalue weighted by atomic mass is 32.2. The molecule has 1 aliphatic heterocycles. The molecule has 0 saturated carbocycles. The molecule has 1 saturated heterocycles. The lowest BCUT2D eigenvalue weighted by atomic mass is 10.2. The zero-order valence-electron chi connectivity index (χ0n) is 11.9. The Bertz CT molecular complexity index is 694. The van der Waals surface area contributed by atoms with Gasteiger partial charge in [-0.05, 0) is 11.1 Å². The molecule has 0 aromatic heterocycles. The van der Waals surface area contributed by atoms with Crippen molar-refractivity contribution >= 4 is 21.9 Å². The number of benzene rings is 1. The van der Waals surface area contributed by atoms with E-state index in [0.29, 0.717) is 5.57 Å². The van der Waals surface area contributed by atoms with Gasteiger partial charge in [0, 0.05) is 0 Å².